The Morgan fingerprint density at radius 2 is 1.73 bits per heavy atom. The molecule has 3 aromatic carbocycles. The molecule has 0 amide bonds. The molecule has 5 heteroatoms. The summed E-state index contributed by atoms with van der Waals surface area (Å²) in [4.78, 5) is 0. The number of methoxy groups -OCH3 is 1. The van der Waals surface area contributed by atoms with Crippen LogP contribution in [0.4, 0.5) is 4.39 Å². The highest BCUT2D eigenvalue weighted by molar-refractivity contribution is 6.01. The summed E-state index contributed by atoms with van der Waals surface area (Å²) in [6.07, 6.45) is 1.87. The minimum atomic E-state index is -0.221. The molecule has 0 radical (unpaired) electrons. The molecular formula is C25H24FN3O. The minimum absolute atomic E-state index is 0.221. The van der Waals surface area contributed by atoms with Crippen LogP contribution in [-0.4, -0.2) is 17.9 Å². The number of para-hydroxylation sites is 2. The van der Waals surface area contributed by atoms with Gasteiger partial charge in [-0.05, 0) is 36.8 Å². The lowest BCUT2D eigenvalue weighted by molar-refractivity contribution is 0.408. The van der Waals surface area contributed by atoms with Crippen LogP contribution in [0.2, 0.25) is 0 Å². The van der Waals surface area contributed by atoms with E-state index in [-0.39, 0.29) is 5.82 Å². The summed E-state index contributed by atoms with van der Waals surface area (Å²) in [6, 6.07) is 22.8. The van der Waals surface area contributed by atoms with Gasteiger partial charge in [0.1, 0.15) is 11.6 Å². The standard InChI is InChI=1S/C25H24FN3O/c1-18-23(16-28-27-15-20-7-3-6-10-25(20)30-2)22-8-4-5-9-24(22)29(18)17-19-11-13-21(26)14-12-19/h3-14,16,27H,15,17H2,1-2H3/b28-16-. The largest absolute Gasteiger partial charge is 0.496 e. The predicted octanol–water partition coefficient (Wildman–Crippen LogP) is 5.27. The van der Waals surface area contributed by atoms with Crippen LogP contribution in [0.25, 0.3) is 10.9 Å². The van der Waals surface area contributed by atoms with Gasteiger partial charge >= 0.3 is 0 Å². The molecule has 0 fully saturated rings. The molecule has 1 N–H and O–H groups in total. The fourth-order valence-corrected chi connectivity index (χ4v) is 3.69. The van der Waals surface area contributed by atoms with Crippen LogP contribution in [0.1, 0.15) is 22.4 Å². The van der Waals surface area contributed by atoms with Crippen molar-refractivity contribution in [2.45, 2.75) is 20.0 Å². The zero-order valence-electron chi connectivity index (χ0n) is 17.1. The Balaban J connectivity index is 1.59. The van der Waals surface area contributed by atoms with Gasteiger partial charge in [0.25, 0.3) is 0 Å². The monoisotopic (exact) mass is 401 g/mol. The van der Waals surface area contributed by atoms with Gasteiger partial charge in [-0.25, -0.2) is 4.39 Å². The van der Waals surface area contributed by atoms with Gasteiger partial charge in [0.2, 0.25) is 0 Å². The van der Waals surface area contributed by atoms with Crippen molar-refractivity contribution < 1.29 is 9.13 Å². The van der Waals surface area contributed by atoms with Crippen molar-refractivity contribution >= 4 is 17.1 Å². The van der Waals surface area contributed by atoms with Crippen LogP contribution in [0.3, 0.4) is 0 Å². The zero-order valence-corrected chi connectivity index (χ0v) is 17.1. The van der Waals surface area contributed by atoms with Gasteiger partial charge in [0.05, 0.1) is 19.9 Å². The molecule has 0 saturated carbocycles. The molecule has 4 rings (SSSR count). The van der Waals surface area contributed by atoms with Crippen molar-refractivity contribution in [1.29, 1.82) is 0 Å². The van der Waals surface area contributed by atoms with E-state index in [1.165, 1.54) is 12.1 Å². The number of rotatable bonds is 7. The molecule has 30 heavy (non-hydrogen) atoms. The normalized spacial score (nSPS) is 11.3. The van der Waals surface area contributed by atoms with Crippen LogP contribution < -0.4 is 10.2 Å². The third kappa shape index (κ3) is 4.06. The lowest BCUT2D eigenvalue weighted by atomic mass is 10.1. The maximum absolute atomic E-state index is 13.3. The highest BCUT2D eigenvalue weighted by Crippen LogP contribution is 2.25. The molecule has 0 unspecified atom stereocenters. The molecule has 1 heterocycles. The van der Waals surface area contributed by atoms with E-state index in [1.807, 2.05) is 54.7 Å². The molecule has 0 atom stereocenters. The summed E-state index contributed by atoms with van der Waals surface area (Å²) in [5, 5.41) is 5.60. The fourth-order valence-electron chi connectivity index (χ4n) is 3.69. The Morgan fingerprint density at radius 1 is 1.00 bits per heavy atom. The number of hydrogen-bond acceptors (Lipinski definition) is 3. The predicted molar refractivity (Wildman–Crippen MR) is 120 cm³/mol. The average Bonchev–Trinajstić information content (AvgIpc) is 3.04. The second-order valence-electron chi connectivity index (χ2n) is 7.13. The van der Waals surface area contributed by atoms with Crippen LogP contribution >= 0.6 is 0 Å². The summed E-state index contributed by atoms with van der Waals surface area (Å²) in [6.45, 7) is 3.34. The maximum atomic E-state index is 13.3. The molecule has 4 nitrogen and oxygen atoms in total. The number of fused-ring (bicyclic) bond motifs is 1. The van der Waals surface area contributed by atoms with Crippen molar-refractivity contribution in [3.8, 4) is 5.75 Å². The van der Waals surface area contributed by atoms with Gasteiger partial charge in [-0.3, -0.25) is 0 Å². The average molecular weight is 401 g/mol. The number of nitrogens with one attached hydrogen (secondary N) is 1. The Morgan fingerprint density at radius 3 is 2.53 bits per heavy atom. The minimum Gasteiger partial charge on any atom is -0.496 e. The SMILES string of the molecule is COc1ccccc1CN/N=C\c1c(C)n(Cc2ccc(F)cc2)c2ccccc12. The third-order valence-electron chi connectivity index (χ3n) is 5.28. The molecule has 1 aromatic heterocycles. The molecule has 0 aliphatic rings. The van der Waals surface area contributed by atoms with Gasteiger partial charge < -0.3 is 14.7 Å². The van der Waals surface area contributed by atoms with E-state index in [9.17, 15) is 4.39 Å². The van der Waals surface area contributed by atoms with Gasteiger partial charge in [0.15, 0.2) is 0 Å². The van der Waals surface area contributed by atoms with Crippen LogP contribution in [-0.2, 0) is 13.1 Å². The first-order chi connectivity index (χ1) is 14.7. The van der Waals surface area contributed by atoms with Crippen molar-refractivity contribution in [1.82, 2.24) is 9.99 Å². The van der Waals surface area contributed by atoms with E-state index in [4.69, 9.17) is 4.74 Å². The van der Waals surface area contributed by atoms with Crippen molar-refractivity contribution in [3.63, 3.8) is 0 Å². The van der Waals surface area contributed by atoms with Crippen molar-refractivity contribution in [3.05, 3.63) is 101 Å². The van der Waals surface area contributed by atoms with Crippen molar-refractivity contribution in [2.24, 2.45) is 5.10 Å². The Bertz CT molecular complexity index is 1180. The lowest BCUT2D eigenvalue weighted by Gasteiger charge is -2.09. The van der Waals surface area contributed by atoms with E-state index in [1.54, 1.807) is 7.11 Å². The number of aromatic nitrogens is 1. The van der Waals surface area contributed by atoms with E-state index >= 15 is 0 Å². The summed E-state index contributed by atoms with van der Waals surface area (Å²) < 4.78 is 20.9. The Labute approximate surface area is 175 Å². The third-order valence-corrected chi connectivity index (χ3v) is 5.28. The molecule has 0 aliphatic carbocycles. The molecule has 0 saturated heterocycles. The maximum Gasteiger partial charge on any atom is 0.123 e. The summed E-state index contributed by atoms with van der Waals surface area (Å²) in [5.41, 5.74) is 8.54. The molecule has 0 spiro atoms. The Kier molecular flexibility index (Phi) is 5.80. The first-order valence-corrected chi connectivity index (χ1v) is 9.87. The number of ether oxygens (including phenoxy) is 1. The summed E-state index contributed by atoms with van der Waals surface area (Å²) in [7, 11) is 1.67. The van der Waals surface area contributed by atoms with E-state index in [2.05, 4.69) is 34.2 Å². The molecule has 0 aliphatic heterocycles. The van der Waals surface area contributed by atoms with Crippen LogP contribution in [0, 0.1) is 12.7 Å². The van der Waals surface area contributed by atoms with Gasteiger partial charge in [0, 0.05) is 34.3 Å². The van der Waals surface area contributed by atoms with Crippen LogP contribution in [0.5, 0.6) is 5.75 Å². The summed E-state index contributed by atoms with van der Waals surface area (Å²) in [5.74, 6) is 0.620. The fraction of sp³-hybridized carbons (Fsp3) is 0.160. The van der Waals surface area contributed by atoms with Gasteiger partial charge in [-0.1, -0.05) is 48.5 Å². The first-order valence-electron chi connectivity index (χ1n) is 9.87. The number of benzene rings is 3. The number of nitrogens with zero attached hydrogens (tertiary/aromatic N) is 2. The first kappa shape index (κ1) is 19.7. The number of hydrogen-bond donors (Lipinski definition) is 1. The van der Waals surface area contributed by atoms with Gasteiger partial charge in [-0.15, -0.1) is 0 Å². The molecule has 0 bridgehead atoms. The molecule has 152 valence electrons. The van der Waals surface area contributed by atoms with E-state index in [0.29, 0.717) is 13.1 Å². The molecular weight excluding hydrogens is 377 g/mol. The second kappa shape index (κ2) is 8.82. The Hall–Kier alpha value is -3.60. The van der Waals surface area contributed by atoms with E-state index in [0.717, 1.165) is 39.0 Å². The summed E-state index contributed by atoms with van der Waals surface area (Å²) >= 11 is 0. The topological polar surface area (TPSA) is 38.5 Å². The quantitative estimate of drug-likeness (QED) is 0.338. The highest BCUT2D eigenvalue weighted by Gasteiger charge is 2.12. The smallest absolute Gasteiger partial charge is 0.123 e. The van der Waals surface area contributed by atoms with Crippen LogP contribution in [0.15, 0.2) is 77.9 Å². The molecule has 4 aromatic rings. The van der Waals surface area contributed by atoms with Crippen molar-refractivity contribution in [2.75, 3.05) is 7.11 Å². The lowest BCUT2D eigenvalue weighted by Crippen LogP contribution is -2.07. The van der Waals surface area contributed by atoms with E-state index < -0.39 is 0 Å². The highest BCUT2D eigenvalue weighted by atomic mass is 19.1. The second-order valence-corrected chi connectivity index (χ2v) is 7.13. The number of hydrazone groups is 1. The van der Waals surface area contributed by atoms with Gasteiger partial charge in [-0.2, -0.15) is 5.10 Å². The number of halogens is 1. The zero-order chi connectivity index (χ0) is 20.9.